The van der Waals surface area contributed by atoms with E-state index in [2.05, 4.69) is 46.9 Å². The summed E-state index contributed by atoms with van der Waals surface area (Å²) in [5.74, 6) is 0.170. The van der Waals surface area contributed by atoms with E-state index in [0.29, 0.717) is 25.9 Å². The van der Waals surface area contributed by atoms with Gasteiger partial charge < -0.3 is 14.8 Å². The molecule has 2 unspecified atom stereocenters. The number of hydrogen-bond donors (Lipinski definition) is 1. The highest BCUT2D eigenvalue weighted by molar-refractivity contribution is 5.79. The Balaban J connectivity index is 2.27. The first kappa shape index (κ1) is 18.4. The molecular weight excluding hydrogens is 266 g/mol. The zero-order chi connectivity index (χ0) is 16.1. The maximum atomic E-state index is 12.4. The second kappa shape index (κ2) is 7.59. The third kappa shape index (κ3) is 8.42. The van der Waals surface area contributed by atoms with Gasteiger partial charge in [0, 0.05) is 19.1 Å². The highest BCUT2D eigenvalue weighted by atomic mass is 16.6. The molecule has 0 aromatic carbocycles. The zero-order valence-corrected chi connectivity index (χ0v) is 14.6. The van der Waals surface area contributed by atoms with E-state index in [1.54, 1.807) is 0 Å². The van der Waals surface area contributed by atoms with Crippen molar-refractivity contribution in [3.8, 4) is 0 Å². The number of carbonyl (C=O) groups is 1. The number of nitrogens with one attached hydrogen (secondary N) is 1. The summed E-state index contributed by atoms with van der Waals surface area (Å²) in [6, 6.07) is 0. The monoisotopic (exact) mass is 299 g/mol. The van der Waals surface area contributed by atoms with Gasteiger partial charge in [0.05, 0.1) is 19.3 Å². The molecule has 0 radical (unpaired) electrons. The van der Waals surface area contributed by atoms with Crippen molar-refractivity contribution in [3.63, 3.8) is 0 Å². The predicted molar refractivity (Wildman–Crippen MR) is 85.2 cm³/mol. The Morgan fingerprint density at radius 1 is 1.24 bits per heavy atom. The van der Waals surface area contributed by atoms with Crippen LogP contribution in [0.3, 0.4) is 0 Å². The van der Waals surface area contributed by atoms with Gasteiger partial charge in [-0.2, -0.15) is 0 Å². The molecule has 124 valence electrons. The fourth-order valence-electron chi connectivity index (χ4n) is 2.33. The summed E-state index contributed by atoms with van der Waals surface area (Å²) in [6.07, 6.45) is 2.27. The third-order valence-corrected chi connectivity index (χ3v) is 3.71. The summed E-state index contributed by atoms with van der Waals surface area (Å²) < 4.78 is 10.6. The molecule has 1 N–H and O–H groups in total. The Bertz CT molecular complexity index is 324. The lowest BCUT2D eigenvalue weighted by molar-refractivity contribution is -0.129. The molecule has 2 atom stereocenters. The molecule has 1 aliphatic heterocycles. The van der Waals surface area contributed by atoms with Crippen LogP contribution in [0.5, 0.6) is 0 Å². The van der Waals surface area contributed by atoms with Crippen molar-refractivity contribution in [2.75, 3.05) is 26.4 Å². The molecule has 1 aliphatic rings. The maximum Gasteiger partial charge on any atom is 0.223 e. The molecule has 4 heteroatoms. The fraction of sp³-hybridized carbons (Fsp3) is 0.941. The first-order chi connectivity index (χ1) is 9.59. The number of carbonyl (C=O) groups excluding carboxylic acids is 1. The summed E-state index contributed by atoms with van der Waals surface area (Å²) in [7, 11) is 0. The average Bonchev–Trinajstić information content (AvgIpc) is 3.11. The molecule has 0 spiro atoms. The van der Waals surface area contributed by atoms with Gasteiger partial charge in [0.25, 0.3) is 0 Å². The molecule has 0 saturated carbocycles. The maximum absolute atomic E-state index is 12.4. The summed E-state index contributed by atoms with van der Waals surface area (Å²) >= 11 is 0. The van der Waals surface area contributed by atoms with E-state index in [4.69, 9.17) is 9.47 Å². The Kier molecular flexibility index (Phi) is 6.67. The van der Waals surface area contributed by atoms with Crippen LogP contribution in [0.15, 0.2) is 0 Å². The number of ether oxygens (including phenoxy) is 2. The second-order valence-corrected chi connectivity index (χ2v) is 8.33. The van der Waals surface area contributed by atoms with E-state index in [-0.39, 0.29) is 22.7 Å². The largest absolute Gasteiger partial charge is 0.380 e. The fourth-order valence-corrected chi connectivity index (χ4v) is 2.33. The Morgan fingerprint density at radius 3 is 2.33 bits per heavy atom. The van der Waals surface area contributed by atoms with Crippen molar-refractivity contribution in [2.24, 2.45) is 16.7 Å². The van der Waals surface area contributed by atoms with Crippen LogP contribution in [-0.4, -0.2) is 38.4 Å². The predicted octanol–water partition coefficient (Wildman–Crippen LogP) is 3.01. The van der Waals surface area contributed by atoms with Crippen molar-refractivity contribution in [2.45, 2.75) is 60.5 Å². The molecule has 4 nitrogen and oxygen atoms in total. The number of amides is 1. The average molecular weight is 299 g/mol. The summed E-state index contributed by atoms with van der Waals surface area (Å²) in [5, 5.41) is 3.02. The number of rotatable bonds is 8. The summed E-state index contributed by atoms with van der Waals surface area (Å²) in [6.45, 7) is 15.7. The van der Waals surface area contributed by atoms with Gasteiger partial charge in [-0.3, -0.25) is 4.79 Å². The first-order valence-electron chi connectivity index (χ1n) is 8.07. The van der Waals surface area contributed by atoms with Crippen LogP contribution in [0.2, 0.25) is 0 Å². The minimum atomic E-state index is -0.0263. The molecule has 1 heterocycles. The van der Waals surface area contributed by atoms with Crippen LogP contribution >= 0.6 is 0 Å². The van der Waals surface area contributed by atoms with E-state index in [1.165, 1.54) is 0 Å². The molecule has 0 aromatic rings. The Hall–Kier alpha value is -0.610. The van der Waals surface area contributed by atoms with Crippen LogP contribution in [0, 0.1) is 16.7 Å². The van der Waals surface area contributed by atoms with Gasteiger partial charge >= 0.3 is 0 Å². The van der Waals surface area contributed by atoms with Gasteiger partial charge in [0.1, 0.15) is 0 Å². The number of epoxide rings is 1. The van der Waals surface area contributed by atoms with Crippen molar-refractivity contribution < 1.29 is 14.3 Å². The van der Waals surface area contributed by atoms with Crippen molar-refractivity contribution >= 4 is 5.91 Å². The second-order valence-electron chi connectivity index (χ2n) is 8.33. The van der Waals surface area contributed by atoms with Crippen LogP contribution in [-0.2, 0) is 14.3 Å². The molecule has 21 heavy (non-hydrogen) atoms. The van der Waals surface area contributed by atoms with E-state index in [9.17, 15) is 4.79 Å². The van der Waals surface area contributed by atoms with Gasteiger partial charge in [-0.1, -0.05) is 41.5 Å². The van der Waals surface area contributed by atoms with E-state index in [1.807, 2.05) is 0 Å². The van der Waals surface area contributed by atoms with Crippen molar-refractivity contribution in [1.82, 2.24) is 5.32 Å². The standard InChI is InChI=1S/C17H33NO3/c1-16(2,3)11-14(17(4,5)6)15(19)18-8-10-20-9-7-13-12-21-13/h13-14H,7-12H2,1-6H3,(H,18,19). The van der Waals surface area contributed by atoms with Crippen LogP contribution in [0.25, 0.3) is 0 Å². The first-order valence-corrected chi connectivity index (χ1v) is 8.07. The highest BCUT2D eigenvalue weighted by Gasteiger charge is 2.34. The highest BCUT2D eigenvalue weighted by Crippen LogP contribution is 2.36. The van der Waals surface area contributed by atoms with Crippen LogP contribution in [0.4, 0.5) is 0 Å². The van der Waals surface area contributed by atoms with Gasteiger partial charge in [0.2, 0.25) is 5.91 Å². The van der Waals surface area contributed by atoms with Crippen LogP contribution < -0.4 is 5.32 Å². The van der Waals surface area contributed by atoms with Gasteiger partial charge in [-0.05, 0) is 23.7 Å². The Morgan fingerprint density at radius 2 is 1.86 bits per heavy atom. The smallest absolute Gasteiger partial charge is 0.223 e. The van der Waals surface area contributed by atoms with E-state index in [0.717, 1.165) is 19.4 Å². The van der Waals surface area contributed by atoms with Gasteiger partial charge in [-0.25, -0.2) is 0 Å². The van der Waals surface area contributed by atoms with E-state index >= 15 is 0 Å². The third-order valence-electron chi connectivity index (χ3n) is 3.71. The SMILES string of the molecule is CC(C)(C)CC(C(=O)NCCOCCC1CO1)C(C)(C)C. The van der Waals surface area contributed by atoms with Crippen molar-refractivity contribution in [1.29, 1.82) is 0 Å². The molecule has 0 bridgehead atoms. The van der Waals surface area contributed by atoms with E-state index < -0.39 is 0 Å². The molecular formula is C17H33NO3. The van der Waals surface area contributed by atoms with Gasteiger partial charge in [0.15, 0.2) is 0 Å². The minimum absolute atomic E-state index is 0.0253. The lowest BCUT2D eigenvalue weighted by Crippen LogP contribution is -2.41. The normalized spacial score (nSPS) is 20.2. The molecule has 1 rings (SSSR count). The lowest BCUT2D eigenvalue weighted by atomic mass is 9.72. The summed E-state index contributed by atoms with van der Waals surface area (Å²) in [4.78, 5) is 12.4. The Labute approximate surface area is 130 Å². The quantitative estimate of drug-likeness (QED) is 0.554. The van der Waals surface area contributed by atoms with Crippen molar-refractivity contribution in [3.05, 3.63) is 0 Å². The molecule has 0 aliphatic carbocycles. The minimum Gasteiger partial charge on any atom is -0.380 e. The topological polar surface area (TPSA) is 50.9 Å². The molecule has 0 aromatic heterocycles. The van der Waals surface area contributed by atoms with Gasteiger partial charge in [-0.15, -0.1) is 0 Å². The molecule has 1 amide bonds. The van der Waals surface area contributed by atoms with Crippen LogP contribution in [0.1, 0.15) is 54.4 Å². The zero-order valence-electron chi connectivity index (χ0n) is 14.6. The molecule has 1 saturated heterocycles. The molecule has 1 fully saturated rings. The summed E-state index contributed by atoms with van der Waals surface area (Å²) in [5.41, 5.74) is 0.123. The lowest BCUT2D eigenvalue weighted by Gasteiger charge is -2.34. The number of hydrogen-bond acceptors (Lipinski definition) is 3.